The molecule has 0 aliphatic rings. The topological polar surface area (TPSA) is 28.2 Å². The second kappa shape index (κ2) is 7.56. The number of aromatic nitrogens is 1. The third kappa shape index (κ3) is 4.56. The second-order valence-electron chi connectivity index (χ2n) is 4.15. The zero-order valence-corrected chi connectivity index (χ0v) is 12.1. The number of hydrogen-bond acceptors (Lipinski definition) is 4. The Balaban J connectivity index is 2.81. The maximum atomic E-state index is 4.38. The molecule has 1 heterocycles. The Bertz CT molecular complexity index is 341. The van der Waals surface area contributed by atoms with Gasteiger partial charge in [-0.05, 0) is 25.8 Å². The summed E-state index contributed by atoms with van der Waals surface area (Å²) in [5.74, 6) is 1.15. The van der Waals surface area contributed by atoms with Crippen molar-refractivity contribution in [3.8, 4) is 0 Å². The maximum Gasteiger partial charge on any atom is 0.0443 e. The molecule has 0 saturated carbocycles. The third-order valence-corrected chi connectivity index (χ3v) is 3.30. The van der Waals surface area contributed by atoms with Gasteiger partial charge in [0.25, 0.3) is 0 Å². The Kier molecular flexibility index (Phi) is 6.37. The lowest BCUT2D eigenvalue weighted by Gasteiger charge is -2.22. The zero-order valence-electron chi connectivity index (χ0n) is 11.3. The molecule has 17 heavy (non-hydrogen) atoms. The van der Waals surface area contributed by atoms with Crippen LogP contribution in [-0.2, 0) is 6.54 Å². The van der Waals surface area contributed by atoms with Gasteiger partial charge in [0.05, 0.1) is 0 Å². The number of nitrogens with one attached hydrogen (secondary N) is 1. The molecule has 96 valence electrons. The van der Waals surface area contributed by atoms with Gasteiger partial charge in [-0.3, -0.25) is 4.98 Å². The van der Waals surface area contributed by atoms with Crippen LogP contribution in [0.4, 0.5) is 5.69 Å². The van der Waals surface area contributed by atoms with E-state index in [1.165, 1.54) is 11.3 Å². The zero-order chi connectivity index (χ0) is 12.7. The molecule has 0 aromatic carbocycles. The summed E-state index contributed by atoms with van der Waals surface area (Å²) in [5.41, 5.74) is 3.66. The van der Waals surface area contributed by atoms with E-state index >= 15 is 0 Å². The van der Waals surface area contributed by atoms with Crippen molar-refractivity contribution in [3.63, 3.8) is 0 Å². The number of nitrogens with zero attached hydrogens (tertiary/aromatic N) is 2. The number of pyridine rings is 1. The van der Waals surface area contributed by atoms with Gasteiger partial charge < -0.3 is 10.2 Å². The van der Waals surface area contributed by atoms with E-state index in [9.17, 15) is 0 Å². The smallest absolute Gasteiger partial charge is 0.0443 e. The van der Waals surface area contributed by atoms with Gasteiger partial charge in [-0.25, -0.2) is 0 Å². The van der Waals surface area contributed by atoms with Crippen molar-refractivity contribution in [2.75, 3.05) is 37.0 Å². The molecule has 0 bridgehead atoms. The Labute approximate surface area is 109 Å². The molecule has 0 aliphatic carbocycles. The highest BCUT2D eigenvalue weighted by molar-refractivity contribution is 7.98. The van der Waals surface area contributed by atoms with Crippen LogP contribution in [-0.4, -0.2) is 37.1 Å². The molecule has 0 amide bonds. The molecule has 1 N–H and O–H groups in total. The number of aryl methyl sites for hydroxylation is 1. The van der Waals surface area contributed by atoms with Gasteiger partial charge in [0.15, 0.2) is 0 Å². The molecule has 0 spiro atoms. The monoisotopic (exact) mass is 253 g/mol. The van der Waals surface area contributed by atoms with Crippen molar-refractivity contribution >= 4 is 17.4 Å². The van der Waals surface area contributed by atoms with Gasteiger partial charge >= 0.3 is 0 Å². The van der Waals surface area contributed by atoms with E-state index in [1.807, 2.05) is 24.9 Å². The average molecular weight is 253 g/mol. The Morgan fingerprint density at radius 2 is 2.24 bits per heavy atom. The van der Waals surface area contributed by atoms with Crippen LogP contribution in [0.5, 0.6) is 0 Å². The van der Waals surface area contributed by atoms with Crippen LogP contribution >= 0.6 is 11.8 Å². The molecule has 1 rings (SSSR count). The third-order valence-electron chi connectivity index (χ3n) is 2.71. The van der Waals surface area contributed by atoms with Gasteiger partial charge in [0.1, 0.15) is 0 Å². The summed E-state index contributed by atoms with van der Waals surface area (Å²) in [6.07, 6.45) is 4.13. The minimum absolute atomic E-state index is 0.892. The molecule has 0 unspecified atom stereocenters. The van der Waals surface area contributed by atoms with Crippen LogP contribution < -0.4 is 10.2 Å². The highest BCUT2D eigenvalue weighted by Gasteiger charge is 2.07. The van der Waals surface area contributed by atoms with E-state index in [2.05, 4.69) is 41.5 Å². The molecule has 0 fully saturated rings. The van der Waals surface area contributed by atoms with E-state index in [1.54, 1.807) is 0 Å². The average Bonchev–Trinajstić information content (AvgIpc) is 2.34. The number of anilines is 1. The quantitative estimate of drug-likeness (QED) is 0.807. The fourth-order valence-electron chi connectivity index (χ4n) is 1.67. The van der Waals surface area contributed by atoms with Crippen molar-refractivity contribution in [3.05, 3.63) is 23.5 Å². The second-order valence-corrected chi connectivity index (χ2v) is 5.13. The van der Waals surface area contributed by atoms with Crippen molar-refractivity contribution in [2.24, 2.45) is 0 Å². The van der Waals surface area contributed by atoms with E-state index in [-0.39, 0.29) is 0 Å². The van der Waals surface area contributed by atoms with Crippen molar-refractivity contribution < 1.29 is 0 Å². The van der Waals surface area contributed by atoms with Gasteiger partial charge in [-0.1, -0.05) is 6.92 Å². The predicted octanol–water partition coefficient (Wildman–Crippen LogP) is 2.30. The fraction of sp³-hybridized carbons (Fsp3) is 0.615. The van der Waals surface area contributed by atoms with E-state index < -0.39 is 0 Å². The van der Waals surface area contributed by atoms with Crippen LogP contribution in [0.1, 0.15) is 18.2 Å². The minimum atomic E-state index is 0.892. The molecule has 0 radical (unpaired) electrons. The standard InChI is InChI=1S/C13H23N3S/c1-5-14-9-12-10-15-11(2)8-13(12)16(3)6-7-17-4/h8,10,14H,5-7,9H2,1-4H3. The molecule has 4 heteroatoms. The highest BCUT2D eigenvalue weighted by Crippen LogP contribution is 2.19. The lowest BCUT2D eigenvalue weighted by molar-refractivity contribution is 0.721. The Hall–Kier alpha value is -0.740. The maximum absolute atomic E-state index is 4.38. The largest absolute Gasteiger partial charge is 0.373 e. The summed E-state index contributed by atoms with van der Waals surface area (Å²) in [6.45, 7) is 7.12. The van der Waals surface area contributed by atoms with Gasteiger partial charge in [0.2, 0.25) is 0 Å². The van der Waals surface area contributed by atoms with Gasteiger partial charge in [-0.2, -0.15) is 11.8 Å². The van der Waals surface area contributed by atoms with E-state index in [0.29, 0.717) is 0 Å². The minimum Gasteiger partial charge on any atom is -0.373 e. The molecular weight excluding hydrogens is 230 g/mol. The summed E-state index contributed by atoms with van der Waals surface area (Å²) in [7, 11) is 2.15. The van der Waals surface area contributed by atoms with Crippen LogP contribution in [0.15, 0.2) is 12.3 Å². The molecule has 0 atom stereocenters. The van der Waals surface area contributed by atoms with Gasteiger partial charge in [-0.15, -0.1) is 0 Å². The predicted molar refractivity (Wildman–Crippen MR) is 78.0 cm³/mol. The summed E-state index contributed by atoms with van der Waals surface area (Å²) in [5, 5.41) is 3.36. The normalized spacial score (nSPS) is 10.6. The lowest BCUT2D eigenvalue weighted by atomic mass is 10.2. The van der Waals surface area contributed by atoms with Crippen LogP contribution in [0.25, 0.3) is 0 Å². The first-order valence-corrected chi connectivity index (χ1v) is 7.44. The van der Waals surface area contributed by atoms with Crippen molar-refractivity contribution in [1.82, 2.24) is 10.3 Å². The van der Waals surface area contributed by atoms with Crippen molar-refractivity contribution in [1.29, 1.82) is 0 Å². The number of rotatable bonds is 7. The molecule has 1 aromatic heterocycles. The number of thioether (sulfide) groups is 1. The SMILES string of the molecule is CCNCc1cnc(C)cc1N(C)CCSC. The van der Waals surface area contributed by atoms with Crippen LogP contribution in [0.3, 0.4) is 0 Å². The summed E-state index contributed by atoms with van der Waals surface area (Å²) >= 11 is 1.88. The van der Waals surface area contributed by atoms with Gasteiger partial charge in [0, 0.05) is 49.0 Å². The Morgan fingerprint density at radius 1 is 1.47 bits per heavy atom. The van der Waals surface area contributed by atoms with E-state index in [4.69, 9.17) is 0 Å². The van der Waals surface area contributed by atoms with E-state index in [0.717, 1.165) is 31.1 Å². The number of hydrogen-bond donors (Lipinski definition) is 1. The molecule has 1 aromatic rings. The summed E-state index contributed by atoms with van der Waals surface area (Å²) < 4.78 is 0. The molecule has 0 aliphatic heterocycles. The first kappa shape index (κ1) is 14.3. The highest BCUT2D eigenvalue weighted by atomic mass is 32.2. The van der Waals surface area contributed by atoms with Crippen molar-refractivity contribution in [2.45, 2.75) is 20.4 Å². The fourth-order valence-corrected chi connectivity index (χ4v) is 2.13. The first-order valence-electron chi connectivity index (χ1n) is 6.05. The first-order chi connectivity index (χ1) is 8.19. The summed E-state index contributed by atoms with van der Waals surface area (Å²) in [6, 6.07) is 2.17. The molecular formula is C13H23N3S. The summed E-state index contributed by atoms with van der Waals surface area (Å²) in [4.78, 5) is 6.70. The Morgan fingerprint density at radius 3 is 2.88 bits per heavy atom. The molecule has 3 nitrogen and oxygen atoms in total. The van der Waals surface area contributed by atoms with Crippen LogP contribution in [0, 0.1) is 6.92 Å². The molecule has 0 saturated heterocycles. The van der Waals surface area contributed by atoms with Crippen LogP contribution in [0.2, 0.25) is 0 Å². The lowest BCUT2D eigenvalue weighted by Crippen LogP contribution is -2.23.